The molecule has 0 aliphatic carbocycles. The van der Waals surface area contributed by atoms with Crippen LogP contribution in [0.5, 0.6) is 0 Å². The van der Waals surface area contributed by atoms with Crippen LogP contribution in [0.3, 0.4) is 0 Å². The van der Waals surface area contributed by atoms with Gasteiger partial charge in [-0.1, -0.05) is 15.9 Å². The number of aryl methyl sites for hydroxylation is 1. The summed E-state index contributed by atoms with van der Waals surface area (Å²) in [6, 6.07) is 2.48. The molecular formula is C12H12BrN3O4S. The predicted octanol–water partition coefficient (Wildman–Crippen LogP) is 2.29. The van der Waals surface area contributed by atoms with Gasteiger partial charge in [0.15, 0.2) is 0 Å². The van der Waals surface area contributed by atoms with Gasteiger partial charge in [-0.3, -0.25) is 9.82 Å². The average Bonchev–Trinajstić information content (AvgIpc) is 2.77. The highest BCUT2D eigenvalue weighted by molar-refractivity contribution is 9.10. The molecule has 0 radical (unpaired) electrons. The number of benzene rings is 1. The second kappa shape index (κ2) is 5.49. The summed E-state index contributed by atoms with van der Waals surface area (Å²) in [6.07, 6.45) is 1.48. The van der Waals surface area contributed by atoms with Crippen LogP contribution in [0.4, 0.5) is 5.82 Å². The number of nitrogens with zero attached hydrogens (tertiary/aromatic N) is 1. The second-order valence-corrected chi connectivity index (χ2v) is 6.95. The lowest BCUT2D eigenvalue weighted by Gasteiger charge is -2.10. The van der Waals surface area contributed by atoms with Crippen LogP contribution in [-0.2, 0) is 10.0 Å². The number of halogens is 1. The molecule has 0 amide bonds. The fraction of sp³-hybridized carbons (Fsp3) is 0.167. The molecule has 0 spiro atoms. The molecule has 3 N–H and O–H groups in total. The number of aromatic nitrogens is 2. The van der Waals surface area contributed by atoms with Crippen molar-refractivity contribution in [3.05, 3.63) is 39.5 Å². The molecule has 9 heteroatoms. The van der Waals surface area contributed by atoms with Gasteiger partial charge in [-0.05, 0) is 31.5 Å². The Morgan fingerprint density at radius 3 is 2.57 bits per heavy atom. The Morgan fingerprint density at radius 2 is 2.05 bits per heavy atom. The summed E-state index contributed by atoms with van der Waals surface area (Å²) >= 11 is 3.17. The molecule has 0 bridgehead atoms. The van der Waals surface area contributed by atoms with Crippen molar-refractivity contribution in [1.82, 2.24) is 10.2 Å². The van der Waals surface area contributed by atoms with Gasteiger partial charge < -0.3 is 5.11 Å². The van der Waals surface area contributed by atoms with Gasteiger partial charge in [0.2, 0.25) is 0 Å². The molecule has 2 rings (SSSR count). The molecule has 1 aromatic carbocycles. The van der Waals surface area contributed by atoms with Crippen molar-refractivity contribution < 1.29 is 18.3 Å². The summed E-state index contributed by atoms with van der Waals surface area (Å²) in [5.41, 5.74) is 1.01. The first-order chi connectivity index (χ1) is 9.72. The third-order valence-electron chi connectivity index (χ3n) is 2.92. The van der Waals surface area contributed by atoms with E-state index in [0.29, 0.717) is 15.6 Å². The molecule has 0 saturated carbocycles. The molecule has 1 aromatic heterocycles. The van der Waals surface area contributed by atoms with Gasteiger partial charge in [-0.25, -0.2) is 13.2 Å². The third kappa shape index (κ3) is 3.08. The first kappa shape index (κ1) is 15.5. The van der Waals surface area contributed by atoms with Crippen LogP contribution >= 0.6 is 15.9 Å². The highest BCUT2D eigenvalue weighted by atomic mass is 79.9. The standard InChI is InChI=1S/C12H12BrN3O4S/c1-6-5-14-15-11(6)16-21(19,20)8-3-9(12(17)18)7(2)10(13)4-8/h3-5H,1-2H3,(H,17,18)(H2,14,15,16). The van der Waals surface area contributed by atoms with Crippen LogP contribution in [0, 0.1) is 13.8 Å². The maximum Gasteiger partial charge on any atom is 0.336 e. The Hall–Kier alpha value is -1.87. The normalized spacial score (nSPS) is 11.4. The highest BCUT2D eigenvalue weighted by Gasteiger charge is 2.21. The molecule has 112 valence electrons. The van der Waals surface area contributed by atoms with E-state index in [4.69, 9.17) is 5.11 Å². The summed E-state index contributed by atoms with van der Waals surface area (Å²) in [4.78, 5) is 11.0. The number of anilines is 1. The van der Waals surface area contributed by atoms with E-state index in [2.05, 4.69) is 30.8 Å². The quantitative estimate of drug-likeness (QED) is 0.760. The number of nitrogens with one attached hydrogen (secondary N) is 2. The predicted molar refractivity (Wildman–Crippen MR) is 80.0 cm³/mol. The number of carboxylic acid groups (broad SMARTS) is 1. The molecule has 0 aliphatic heterocycles. The lowest BCUT2D eigenvalue weighted by atomic mass is 10.1. The zero-order valence-corrected chi connectivity index (χ0v) is 13.5. The Balaban J connectivity index is 2.50. The molecule has 0 fully saturated rings. The number of carboxylic acids is 1. The minimum Gasteiger partial charge on any atom is -0.478 e. The van der Waals surface area contributed by atoms with Crippen molar-refractivity contribution in [3.63, 3.8) is 0 Å². The number of aromatic amines is 1. The van der Waals surface area contributed by atoms with Crippen molar-refractivity contribution in [3.8, 4) is 0 Å². The summed E-state index contributed by atoms with van der Waals surface area (Å²) in [5, 5.41) is 15.4. The van der Waals surface area contributed by atoms with Gasteiger partial charge in [0.1, 0.15) is 5.82 Å². The van der Waals surface area contributed by atoms with Crippen LogP contribution in [0.1, 0.15) is 21.5 Å². The Morgan fingerprint density at radius 1 is 1.38 bits per heavy atom. The van der Waals surface area contributed by atoms with Gasteiger partial charge in [0, 0.05) is 10.0 Å². The zero-order chi connectivity index (χ0) is 15.8. The zero-order valence-electron chi connectivity index (χ0n) is 11.1. The monoisotopic (exact) mass is 373 g/mol. The lowest BCUT2D eigenvalue weighted by molar-refractivity contribution is 0.0695. The Labute approximate surface area is 129 Å². The molecule has 7 nitrogen and oxygen atoms in total. The summed E-state index contributed by atoms with van der Waals surface area (Å²) in [5.74, 6) is -0.952. The van der Waals surface area contributed by atoms with Gasteiger partial charge in [-0.15, -0.1) is 0 Å². The number of H-pyrrole nitrogens is 1. The number of carbonyl (C=O) groups is 1. The van der Waals surface area contributed by atoms with E-state index < -0.39 is 16.0 Å². The minimum absolute atomic E-state index is 0.0777. The minimum atomic E-state index is -3.92. The molecule has 0 unspecified atom stereocenters. The van der Waals surface area contributed by atoms with Gasteiger partial charge >= 0.3 is 5.97 Å². The summed E-state index contributed by atoms with van der Waals surface area (Å²) in [7, 11) is -3.92. The van der Waals surface area contributed by atoms with Gasteiger partial charge in [0.05, 0.1) is 16.7 Å². The molecule has 0 aliphatic rings. The molecule has 21 heavy (non-hydrogen) atoms. The van der Waals surface area contributed by atoms with Gasteiger partial charge in [-0.2, -0.15) is 5.10 Å². The van der Waals surface area contributed by atoms with Crippen molar-refractivity contribution in [2.75, 3.05) is 4.72 Å². The van der Waals surface area contributed by atoms with E-state index in [-0.39, 0.29) is 16.3 Å². The van der Waals surface area contributed by atoms with Gasteiger partial charge in [0.25, 0.3) is 10.0 Å². The lowest BCUT2D eigenvalue weighted by Crippen LogP contribution is -2.15. The van der Waals surface area contributed by atoms with Crippen molar-refractivity contribution in [2.45, 2.75) is 18.7 Å². The average molecular weight is 374 g/mol. The largest absolute Gasteiger partial charge is 0.478 e. The van der Waals surface area contributed by atoms with Crippen LogP contribution in [0.25, 0.3) is 0 Å². The maximum atomic E-state index is 12.3. The van der Waals surface area contributed by atoms with Crippen molar-refractivity contribution >= 4 is 37.7 Å². The summed E-state index contributed by atoms with van der Waals surface area (Å²) in [6.45, 7) is 3.28. The van der Waals surface area contributed by atoms with E-state index in [0.717, 1.165) is 6.07 Å². The second-order valence-electron chi connectivity index (χ2n) is 4.42. The summed E-state index contributed by atoms with van der Waals surface area (Å²) < 4.78 is 27.4. The van der Waals surface area contributed by atoms with E-state index in [1.165, 1.54) is 12.3 Å². The number of hydrogen-bond donors (Lipinski definition) is 3. The highest BCUT2D eigenvalue weighted by Crippen LogP contribution is 2.26. The SMILES string of the molecule is Cc1cn[nH]c1NS(=O)(=O)c1cc(Br)c(C)c(C(=O)O)c1. The van der Waals surface area contributed by atoms with Crippen molar-refractivity contribution in [1.29, 1.82) is 0 Å². The Bertz CT molecular complexity index is 814. The first-order valence-corrected chi connectivity index (χ1v) is 8.06. The van der Waals surface area contributed by atoms with E-state index in [1.807, 2.05) is 0 Å². The van der Waals surface area contributed by atoms with Crippen LogP contribution in [-0.4, -0.2) is 29.7 Å². The maximum absolute atomic E-state index is 12.3. The van der Waals surface area contributed by atoms with Crippen LogP contribution in [0.2, 0.25) is 0 Å². The van der Waals surface area contributed by atoms with Crippen LogP contribution in [0.15, 0.2) is 27.7 Å². The Kier molecular flexibility index (Phi) is 4.06. The molecule has 0 atom stereocenters. The number of sulfonamides is 1. The third-order valence-corrected chi connectivity index (χ3v) is 5.08. The fourth-order valence-electron chi connectivity index (χ4n) is 1.67. The number of aromatic carboxylic acids is 1. The van der Waals surface area contributed by atoms with E-state index >= 15 is 0 Å². The number of rotatable bonds is 4. The molecule has 2 aromatic rings. The van der Waals surface area contributed by atoms with E-state index in [9.17, 15) is 13.2 Å². The van der Waals surface area contributed by atoms with Crippen molar-refractivity contribution in [2.24, 2.45) is 0 Å². The molecule has 0 saturated heterocycles. The first-order valence-electron chi connectivity index (χ1n) is 5.78. The molecular weight excluding hydrogens is 362 g/mol. The van der Waals surface area contributed by atoms with E-state index in [1.54, 1.807) is 13.8 Å². The number of hydrogen-bond acceptors (Lipinski definition) is 4. The smallest absolute Gasteiger partial charge is 0.336 e. The van der Waals surface area contributed by atoms with Crippen LogP contribution < -0.4 is 4.72 Å². The molecule has 1 heterocycles. The fourth-order valence-corrected chi connectivity index (χ4v) is 3.43. The topological polar surface area (TPSA) is 112 Å².